The van der Waals surface area contributed by atoms with Crippen LogP contribution in [0, 0.1) is 0 Å². The minimum Gasteiger partial charge on any atom is -0.338 e. The maximum Gasteiger partial charge on any atom is 0.241 e. The highest BCUT2D eigenvalue weighted by Crippen LogP contribution is 2.23. The molecule has 1 aliphatic rings. The van der Waals surface area contributed by atoms with Crippen LogP contribution in [0.3, 0.4) is 0 Å². The van der Waals surface area contributed by atoms with Crippen molar-refractivity contribution in [1.29, 1.82) is 0 Å². The molecule has 0 aromatic carbocycles. The monoisotopic (exact) mass is 296 g/mol. The minimum atomic E-state index is 0.393. The number of nitrogens with zero attached hydrogens (tertiary/aromatic N) is 4. The summed E-state index contributed by atoms with van der Waals surface area (Å²) >= 11 is 7.99. The largest absolute Gasteiger partial charge is 0.338 e. The van der Waals surface area contributed by atoms with Crippen LogP contribution < -0.4 is 0 Å². The lowest BCUT2D eigenvalue weighted by Gasteiger charge is -2.24. The summed E-state index contributed by atoms with van der Waals surface area (Å²) < 4.78 is 5.28. The highest BCUT2D eigenvalue weighted by Gasteiger charge is 2.16. The molecule has 7 heteroatoms. The highest BCUT2D eigenvalue weighted by molar-refractivity contribution is 7.99. The summed E-state index contributed by atoms with van der Waals surface area (Å²) in [5.74, 6) is 3.45. The second-order valence-electron chi connectivity index (χ2n) is 4.24. The van der Waals surface area contributed by atoms with Gasteiger partial charge in [-0.25, -0.2) is 4.98 Å². The van der Waals surface area contributed by atoms with Crippen LogP contribution in [0.5, 0.6) is 0 Å². The molecule has 1 aliphatic heterocycles. The standard InChI is InChI=1S/C12H13ClN4OS/c13-11-9(2-1-3-14-11)12-15-10(18-16-12)8-17-4-6-19-7-5-17/h1-3H,4-8H2. The Morgan fingerprint density at radius 3 is 3.00 bits per heavy atom. The quantitative estimate of drug-likeness (QED) is 0.810. The van der Waals surface area contributed by atoms with E-state index in [-0.39, 0.29) is 0 Å². The minimum absolute atomic E-state index is 0.393. The summed E-state index contributed by atoms with van der Waals surface area (Å²) in [6.07, 6.45) is 1.64. The van der Waals surface area contributed by atoms with Crippen molar-refractivity contribution in [2.45, 2.75) is 6.54 Å². The predicted octanol–water partition coefficient (Wildman–Crippen LogP) is 2.33. The van der Waals surface area contributed by atoms with Crippen LogP contribution in [-0.2, 0) is 6.54 Å². The van der Waals surface area contributed by atoms with Crippen LogP contribution in [0.15, 0.2) is 22.9 Å². The molecule has 0 radical (unpaired) electrons. The van der Waals surface area contributed by atoms with Crippen molar-refractivity contribution in [2.24, 2.45) is 0 Å². The molecular formula is C12H13ClN4OS. The van der Waals surface area contributed by atoms with Gasteiger partial charge in [0.2, 0.25) is 11.7 Å². The molecule has 2 aromatic rings. The zero-order chi connectivity index (χ0) is 13.1. The van der Waals surface area contributed by atoms with Crippen molar-refractivity contribution in [3.8, 4) is 11.4 Å². The molecule has 19 heavy (non-hydrogen) atoms. The molecule has 3 heterocycles. The third-order valence-corrected chi connectivity index (χ3v) is 4.17. The molecule has 0 unspecified atom stereocenters. The van der Waals surface area contributed by atoms with Crippen LogP contribution in [0.4, 0.5) is 0 Å². The number of halogens is 1. The van der Waals surface area contributed by atoms with Gasteiger partial charge in [-0.05, 0) is 12.1 Å². The van der Waals surface area contributed by atoms with E-state index in [2.05, 4.69) is 20.0 Å². The van der Waals surface area contributed by atoms with Gasteiger partial charge < -0.3 is 4.52 Å². The summed E-state index contributed by atoms with van der Waals surface area (Å²) in [4.78, 5) is 10.7. The first-order valence-corrected chi connectivity index (χ1v) is 7.60. The summed E-state index contributed by atoms with van der Waals surface area (Å²) in [6.45, 7) is 2.83. The van der Waals surface area contributed by atoms with Gasteiger partial charge >= 0.3 is 0 Å². The zero-order valence-corrected chi connectivity index (χ0v) is 11.8. The van der Waals surface area contributed by atoms with Crippen molar-refractivity contribution in [1.82, 2.24) is 20.0 Å². The summed E-state index contributed by atoms with van der Waals surface area (Å²) in [5.41, 5.74) is 0.702. The number of hydrogen-bond donors (Lipinski definition) is 0. The van der Waals surface area contributed by atoms with Gasteiger partial charge in [-0.1, -0.05) is 16.8 Å². The van der Waals surface area contributed by atoms with E-state index in [1.165, 1.54) is 0 Å². The molecule has 0 amide bonds. The molecule has 0 N–H and O–H groups in total. The van der Waals surface area contributed by atoms with Crippen LogP contribution in [0.1, 0.15) is 5.89 Å². The number of hydrogen-bond acceptors (Lipinski definition) is 6. The summed E-state index contributed by atoms with van der Waals surface area (Å²) in [7, 11) is 0. The number of rotatable bonds is 3. The molecule has 1 fully saturated rings. The van der Waals surface area contributed by atoms with E-state index in [9.17, 15) is 0 Å². The van der Waals surface area contributed by atoms with E-state index in [0.717, 1.165) is 24.6 Å². The Morgan fingerprint density at radius 1 is 1.37 bits per heavy atom. The number of thioether (sulfide) groups is 1. The molecule has 3 rings (SSSR count). The fraction of sp³-hybridized carbons (Fsp3) is 0.417. The fourth-order valence-electron chi connectivity index (χ4n) is 1.93. The van der Waals surface area contributed by atoms with Gasteiger partial charge in [0.1, 0.15) is 5.15 Å². The number of pyridine rings is 1. The normalized spacial score (nSPS) is 16.7. The average Bonchev–Trinajstić information content (AvgIpc) is 2.89. The molecule has 2 aromatic heterocycles. The molecule has 0 saturated carbocycles. The van der Waals surface area contributed by atoms with Crippen molar-refractivity contribution in [3.63, 3.8) is 0 Å². The Hall–Kier alpha value is -1.11. The van der Waals surface area contributed by atoms with Crippen molar-refractivity contribution in [2.75, 3.05) is 24.6 Å². The summed E-state index contributed by atoms with van der Waals surface area (Å²) in [5, 5.41) is 4.36. The van der Waals surface area contributed by atoms with Crippen molar-refractivity contribution >= 4 is 23.4 Å². The molecule has 5 nitrogen and oxygen atoms in total. The van der Waals surface area contributed by atoms with Crippen LogP contribution in [0.2, 0.25) is 5.15 Å². The predicted molar refractivity (Wildman–Crippen MR) is 75.1 cm³/mol. The van der Waals surface area contributed by atoms with Crippen LogP contribution >= 0.6 is 23.4 Å². The molecule has 0 bridgehead atoms. The topological polar surface area (TPSA) is 55.1 Å². The van der Waals surface area contributed by atoms with E-state index in [1.807, 2.05) is 17.8 Å². The first-order valence-electron chi connectivity index (χ1n) is 6.06. The highest BCUT2D eigenvalue weighted by atomic mass is 35.5. The molecule has 0 spiro atoms. The SMILES string of the molecule is Clc1ncccc1-c1noc(CN2CCSCC2)n1. The van der Waals surface area contributed by atoms with Gasteiger partial charge in [-0.15, -0.1) is 0 Å². The Bertz CT molecular complexity index is 556. The lowest BCUT2D eigenvalue weighted by atomic mass is 10.3. The fourth-order valence-corrected chi connectivity index (χ4v) is 3.11. The first kappa shape index (κ1) is 12.9. The molecule has 100 valence electrons. The van der Waals surface area contributed by atoms with Crippen LogP contribution in [-0.4, -0.2) is 44.6 Å². The van der Waals surface area contributed by atoms with Gasteiger partial charge in [0, 0.05) is 30.8 Å². The molecule has 1 saturated heterocycles. The first-order chi connectivity index (χ1) is 9.33. The van der Waals surface area contributed by atoms with Crippen molar-refractivity contribution < 1.29 is 4.52 Å². The van der Waals surface area contributed by atoms with Gasteiger partial charge in [0.05, 0.1) is 12.1 Å². The Morgan fingerprint density at radius 2 is 2.21 bits per heavy atom. The van der Waals surface area contributed by atoms with E-state index in [4.69, 9.17) is 16.1 Å². The van der Waals surface area contributed by atoms with E-state index < -0.39 is 0 Å². The number of aromatic nitrogens is 3. The Kier molecular flexibility index (Phi) is 4.00. The zero-order valence-electron chi connectivity index (χ0n) is 10.3. The van der Waals surface area contributed by atoms with E-state index in [0.29, 0.717) is 29.0 Å². The Balaban J connectivity index is 1.74. The van der Waals surface area contributed by atoms with Crippen molar-refractivity contribution in [3.05, 3.63) is 29.4 Å². The second-order valence-corrected chi connectivity index (χ2v) is 5.82. The van der Waals surface area contributed by atoms with Gasteiger partial charge in [-0.3, -0.25) is 4.90 Å². The lowest BCUT2D eigenvalue weighted by Crippen LogP contribution is -2.32. The Labute approximate surface area is 120 Å². The molecule has 0 aliphatic carbocycles. The van der Waals surface area contributed by atoms with E-state index in [1.54, 1.807) is 12.3 Å². The smallest absolute Gasteiger partial charge is 0.241 e. The molecular weight excluding hydrogens is 284 g/mol. The second kappa shape index (κ2) is 5.90. The lowest BCUT2D eigenvalue weighted by molar-refractivity contribution is 0.245. The third kappa shape index (κ3) is 3.08. The molecule has 0 atom stereocenters. The van der Waals surface area contributed by atoms with Gasteiger partial charge in [-0.2, -0.15) is 16.7 Å². The maximum atomic E-state index is 6.01. The summed E-state index contributed by atoms with van der Waals surface area (Å²) in [6, 6.07) is 3.64. The van der Waals surface area contributed by atoms with Gasteiger partial charge in [0.15, 0.2) is 0 Å². The van der Waals surface area contributed by atoms with Gasteiger partial charge in [0.25, 0.3) is 0 Å². The van der Waals surface area contributed by atoms with Crippen LogP contribution in [0.25, 0.3) is 11.4 Å². The average molecular weight is 297 g/mol. The van der Waals surface area contributed by atoms with E-state index >= 15 is 0 Å². The third-order valence-electron chi connectivity index (χ3n) is 2.93. The maximum absolute atomic E-state index is 6.01.